The summed E-state index contributed by atoms with van der Waals surface area (Å²) >= 11 is 0. The van der Waals surface area contributed by atoms with E-state index in [1.54, 1.807) is 12.3 Å². The van der Waals surface area contributed by atoms with Crippen molar-refractivity contribution in [3.8, 4) is 0 Å². The molecular weight excluding hydrogens is 216 g/mol. The summed E-state index contributed by atoms with van der Waals surface area (Å²) in [6.45, 7) is 3.82. The van der Waals surface area contributed by atoms with E-state index in [0.717, 1.165) is 24.7 Å². The Kier molecular flexibility index (Phi) is 3.61. The predicted molar refractivity (Wildman–Crippen MR) is 66.4 cm³/mol. The molecule has 0 bridgehead atoms. The average Bonchev–Trinajstić information content (AvgIpc) is 2.28. The van der Waals surface area contributed by atoms with Gasteiger partial charge in [-0.25, -0.2) is 4.79 Å². The lowest BCUT2D eigenvalue weighted by Crippen LogP contribution is -2.33. The summed E-state index contributed by atoms with van der Waals surface area (Å²) in [5.74, 6) is -0.161. The Morgan fingerprint density at radius 1 is 1.59 bits per heavy atom. The van der Waals surface area contributed by atoms with Crippen molar-refractivity contribution in [1.29, 1.82) is 0 Å². The molecule has 0 saturated heterocycles. The highest BCUT2D eigenvalue weighted by molar-refractivity contribution is 5.94. The number of aromatic carboxylic acids is 1. The molecular formula is C13H18N2O2. The zero-order valence-corrected chi connectivity index (χ0v) is 10.1. The van der Waals surface area contributed by atoms with E-state index < -0.39 is 5.97 Å². The summed E-state index contributed by atoms with van der Waals surface area (Å²) in [5.41, 5.74) is 1.09. The molecule has 4 nitrogen and oxygen atoms in total. The lowest BCUT2D eigenvalue weighted by atomic mass is 9.85. The second-order valence-corrected chi connectivity index (χ2v) is 4.53. The maximum atomic E-state index is 11.2. The minimum atomic E-state index is -0.880. The number of anilines is 1. The maximum absolute atomic E-state index is 11.2. The van der Waals surface area contributed by atoms with E-state index in [1.165, 1.54) is 25.5 Å². The van der Waals surface area contributed by atoms with Crippen LogP contribution in [0.5, 0.6) is 0 Å². The Hall–Kier alpha value is -1.58. The van der Waals surface area contributed by atoms with Gasteiger partial charge in [-0.2, -0.15) is 0 Å². The topological polar surface area (TPSA) is 53.4 Å². The first-order chi connectivity index (χ1) is 8.22. The fourth-order valence-corrected chi connectivity index (χ4v) is 2.20. The molecule has 1 N–H and O–H groups in total. The number of pyridine rings is 1. The van der Waals surface area contributed by atoms with Crippen molar-refractivity contribution in [2.75, 3.05) is 18.0 Å². The van der Waals surface area contributed by atoms with Crippen LogP contribution in [0.1, 0.15) is 36.5 Å². The highest BCUT2D eigenvalue weighted by Crippen LogP contribution is 2.29. The standard InChI is InChI=1S/C13H18N2O2/c1-2-15(9-10-4-3-5-10)12-8-14-7-6-11(12)13(16)17/h6-8,10H,2-5,9H2,1H3,(H,16,17). The van der Waals surface area contributed by atoms with Gasteiger partial charge < -0.3 is 10.0 Å². The van der Waals surface area contributed by atoms with Gasteiger partial charge in [-0.1, -0.05) is 6.42 Å². The Morgan fingerprint density at radius 3 is 2.88 bits per heavy atom. The average molecular weight is 234 g/mol. The van der Waals surface area contributed by atoms with Gasteiger partial charge in [0.05, 0.1) is 17.4 Å². The molecule has 0 spiro atoms. The molecule has 92 valence electrons. The van der Waals surface area contributed by atoms with Gasteiger partial charge >= 0.3 is 5.97 Å². The molecule has 2 rings (SSSR count). The van der Waals surface area contributed by atoms with Gasteiger partial charge in [-0.3, -0.25) is 4.98 Å². The molecule has 0 aliphatic heterocycles. The third kappa shape index (κ3) is 2.57. The number of carbonyl (C=O) groups is 1. The molecule has 1 aromatic heterocycles. The van der Waals surface area contributed by atoms with Crippen LogP contribution in [0.25, 0.3) is 0 Å². The quantitative estimate of drug-likeness (QED) is 0.850. The van der Waals surface area contributed by atoms with Crippen molar-refractivity contribution in [3.63, 3.8) is 0 Å². The molecule has 1 heterocycles. The fourth-order valence-electron chi connectivity index (χ4n) is 2.20. The van der Waals surface area contributed by atoms with Crippen LogP contribution in [-0.4, -0.2) is 29.1 Å². The van der Waals surface area contributed by atoms with Crippen molar-refractivity contribution in [1.82, 2.24) is 4.98 Å². The minimum absolute atomic E-state index is 0.348. The van der Waals surface area contributed by atoms with E-state index in [-0.39, 0.29) is 0 Å². The van der Waals surface area contributed by atoms with Crippen LogP contribution in [0, 0.1) is 5.92 Å². The number of carboxylic acid groups (broad SMARTS) is 1. The third-order valence-corrected chi connectivity index (χ3v) is 3.46. The number of hydrogen-bond acceptors (Lipinski definition) is 3. The lowest BCUT2D eigenvalue weighted by Gasteiger charge is -2.33. The van der Waals surface area contributed by atoms with Crippen LogP contribution in [0.4, 0.5) is 5.69 Å². The molecule has 1 aromatic rings. The molecule has 0 radical (unpaired) electrons. The summed E-state index contributed by atoms with van der Waals surface area (Å²) in [6, 6.07) is 1.57. The molecule has 0 aromatic carbocycles. The van der Waals surface area contributed by atoms with Gasteiger partial charge in [-0.05, 0) is 31.7 Å². The van der Waals surface area contributed by atoms with E-state index in [1.807, 2.05) is 0 Å². The summed E-state index contributed by atoms with van der Waals surface area (Å²) in [6.07, 6.45) is 7.02. The fraction of sp³-hybridized carbons (Fsp3) is 0.538. The van der Waals surface area contributed by atoms with Crippen LogP contribution in [0.15, 0.2) is 18.5 Å². The Labute approximate surface area is 101 Å². The Balaban J connectivity index is 2.19. The third-order valence-electron chi connectivity index (χ3n) is 3.46. The number of hydrogen-bond donors (Lipinski definition) is 1. The molecule has 0 atom stereocenters. The van der Waals surface area contributed by atoms with Crippen LogP contribution in [0.2, 0.25) is 0 Å². The smallest absolute Gasteiger partial charge is 0.337 e. The Morgan fingerprint density at radius 2 is 2.35 bits per heavy atom. The summed E-state index contributed by atoms with van der Waals surface area (Å²) in [4.78, 5) is 17.3. The van der Waals surface area contributed by atoms with Gasteiger partial charge in [0.1, 0.15) is 0 Å². The maximum Gasteiger partial charge on any atom is 0.337 e. The van der Waals surface area contributed by atoms with Gasteiger partial charge in [0.25, 0.3) is 0 Å². The normalized spacial score (nSPS) is 15.4. The lowest BCUT2D eigenvalue weighted by molar-refractivity contribution is 0.0697. The summed E-state index contributed by atoms with van der Waals surface area (Å²) < 4.78 is 0. The van der Waals surface area contributed by atoms with E-state index in [0.29, 0.717) is 5.56 Å². The second kappa shape index (κ2) is 5.17. The van der Waals surface area contributed by atoms with Crippen LogP contribution >= 0.6 is 0 Å². The van der Waals surface area contributed by atoms with Crippen molar-refractivity contribution >= 4 is 11.7 Å². The molecule has 1 aliphatic rings. The van der Waals surface area contributed by atoms with Crippen molar-refractivity contribution in [2.45, 2.75) is 26.2 Å². The van der Waals surface area contributed by atoms with Gasteiger partial charge in [0, 0.05) is 19.3 Å². The molecule has 1 fully saturated rings. The summed E-state index contributed by atoms with van der Waals surface area (Å²) in [7, 11) is 0. The number of carboxylic acids is 1. The number of nitrogens with zero attached hydrogens (tertiary/aromatic N) is 2. The Bertz CT molecular complexity index is 402. The first-order valence-electron chi connectivity index (χ1n) is 6.14. The van der Waals surface area contributed by atoms with E-state index >= 15 is 0 Å². The summed E-state index contributed by atoms with van der Waals surface area (Å²) in [5, 5.41) is 9.16. The highest BCUT2D eigenvalue weighted by atomic mass is 16.4. The van der Waals surface area contributed by atoms with Crippen molar-refractivity contribution < 1.29 is 9.90 Å². The van der Waals surface area contributed by atoms with Crippen LogP contribution in [-0.2, 0) is 0 Å². The van der Waals surface area contributed by atoms with Crippen LogP contribution < -0.4 is 4.90 Å². The highest BCUT2D eigenvalue weighted by Gasteiger charge is 2.22. The number of aromatic nitrogens is 1. The largest absolute Gasteiger partial charge is 0.478 e. The first-order valence-corrected chi connectivity index (χ1v) is 6.14. The minimum Gasteiger partial charge on any atom is -0.478 e. The van der Waals surface area contributed by atoms with Crippen molar-refractivity contribution in [2.24, 2.45) is 5.92 Å². The van der Waals surface area contributed by atoms with Gasteiger partial charge in [-0.15, -0.1) is 0 Å². The molecule has 1 saturated carbocycles. The van der Waals surface area contributed by atoms with Crippen molar-refractivity contribution in [3.05, 3.63) is 24.0 Å². The van der Waals surface area contributed by atoms with E-state index in [4.69, 9.17) is 5.11 Å². The second-order valence-electron chi connectivity index (χ2n) is 4.53. The molecule has 0 unspecified atom stereocenters. The van der Waals surface area contributed by atoms with Gasteiger partial charge in [0.15, 0.2) is 0 Å². The molecule has 4 heteroatoms. The van der Waals surface area contributed by atoms with Gasteiger partial charge in [0.2, 0.25) is 0 Å². The zero-order valence-electron chi connectivity index (χ0n) is 10.1. The van der Waals surface area contributed by atoms with E-state index in [9.17, 15) is 4.79 Å². The molecule has 1 aliphatic carbocycles. The SMILES string of the molecule is CCN(CC1CCC1)c1cnccc1C(=O)O. The zero-order chi connectivity index (χ0) is 12.3. The predicted octanol–water partition coefficient (Wildman–Crippen LogP) is 2.41. The van der Waals surface area contributed by atoms with Crippen LogP contribution in [0.3, 0.4) is 0 Å². The first kappa shape index (κ1) is 11.9. The monoisotopic (exact) mass is 234 g/mol. The molecule has 17 heavy (non-hydrogen) atoms. The number of rotatable bonds is 5. The van der Waals surface area contributed by atoms with E-state index in [2.05, 4.69) is 16.8 Å². The molecule has 0 amide bonds.